The lowest BCUT2D eigenvalue weighted by atomic mass is 10.2. The van der Waals surface area contributed by atoms with Crippen molar-refractivity contribution in [2.45, 2.75) is 32.0 Å². The first-order valence-corrected chi connectivity index (χ1v) is 3.16. The molecule has 1 saturated heterocycles. The number of hydrogen-bond acceptors (Lipinski definition) is 3. The molecule has 1 aliphatic rings. The first-order valence-electron chi connectivity index (χ1n) is 3.16. The molecule has 0 aromatic rings. The molecule has 3 heteroatoms. The molecule has 1 fully saturated rings. The van der Waals surface area contributed by atoms with Crippen molar-refractivity contribution >= 4 is 5.97 Å². The normalized spacial score (nSPS) is 29.0. The van der Waals surface area contributed by atoms with Crippen LogP contribution in [0.15, 0.2) is 0 Å². The smallest absolute Gasteiger partial charge is 0.308 e. The molecule has 0 aliphatic carbocycles. The number of cyclic esters (lactones) is 1. The van der Waals surface area contributed by atoms with E-state index in [4.69, 9.17) is 5.11 Å². The predicted octanol–water partition coefficient (Wildman–Crippen LogP) is 0.422. The van der Waals surface area contributed by atoms with Crippen LogP contribution in [0.25, 0.3) is 0 Å². The minimum atomic E-state index is -0.847. The van der Waals surface area contributed by atoms with Gasteiger partial charge in [0.1, 0.15) is 0 Å². The molecule has 0 radical (unpaired) electrons. The zero-order chi connectivity index (χ0) is 6.69. The Morgan fingerprint density at radius 2 is 2.33 bits per heavy atom. The lowest BCUT2D eigenvalue weighted by molar-refractivity contribution is -0.165. The largest absolute Gasteiger partial charge is 0.436 e. The molecule has 0 bridgehead atoms. The topological polar surface area (TPSA) is 46.5 Å². The minimum absolute atomic E-state index is 0.278. The summed E-state index contributed by atoms with van der Waals surface area (Å²) in [5, 5.41) is 8.82. The van der Waals surface area contributed by atoms with Crippen molar-refractivity contribution in [1.82, 2.24) is 0 Å². The van der Waals surface area contributed by atoms with Crippen LogP contribution in [0.1, 0.15) is 25.7 Å². The number of rotatable bonds is 0. The molecular formula is C6H10O3. The summed E-state index contributed by atoms with van der Waals surface area (Å²) in [7, 11) is 0. The molecule has 0 aromatic heterocycles. The minimum Gasteiger partial charge on any atom is -0.436 e. The van der Waals surface area contributed by atoms with Crippen molar-refractivity contribution < 1.29 is 14.6 Å². The summed E-state index contributed by atoms with van der Waals surface area (Å²) in [6.07, 6.45) is 1.92. The molecule has 1 unspecified atom stereocenters. The predicted molar refractivity (Wildman–Crippen MR) is 30.6 cm³/mol. The van der Waals surface area contributed by atoms with Crippen LogP contribution in [0.2, 0.25) is 0 Å². The number of hydrogen-bond donors (Lipinski definition) is 1. The van der Waals surface area contributed by atoms with E-state index < -0.39 is 6.29 Å². The van der Waals surface area contributed by atoms with E-state index in [0.29, 0.717) is 12.8 Å². The quantitative estimate of drug-likeness (QED) is 0.483. The van der Waals surface area contributed by atoms with E-state index in [0.717, 1.165) is 12.8 Å². The SMILES string of the molecule is O=C1CCCCC(O)O1. The van der Waals surface area contributed by atoms with Crippen LogP contribution in [0, 0.1) is 0 Å². The van der Waals surface area contributed by atoms with Gasteiger partial charge in [0.2, 0.25) is 6.29 Å². The fraction of sp³-hybridized carbons (Fsp3) is 0.833. The van der Waals surface area contributed by atoms with Gasteiger partial charge in [-0.3, -0.25) is 4.79 Å². The van der Waals surface area contributed by atoms with Crippen LogP contribution in [-0.4, -0.2) is 17.4 Å². The second-order valence-corrected chi connectivity index (χ2v) is 2.19. The molecule has 1 N–H and O–H groups in total. The van der Waals surface area contributed by atoms with E-state index in [-0.39, 0.29) is 5.97 Å². The zero-order valence-corrected chi connectivity index (χ0v) is 5.17. The van der Waals surface area contributed by atoms with Crippen molar-refractivity contribution in [2.75, 3.05) is 0 Å². The van der Waals surface area contributed by atoms with Gasteiger partial charge < -0.3 is 9.84 Å². The Bertz CT molecular complexity index is 111. The third-order valence-electron chi connectivity index (χ3n) is 1.35. The Labute approximate surface area is 53.6 Å². The second-order valence-electron chi connectivity index (χ2n) is 2.19. The Hall–Kier alpha value is -0.570. The lowest BCUT2D eigenvalue weighted by Crippen LogP contribution is -2.13. The van der Waals surface area contributed by atoms with Crippen LogP contribution in [0.5, 0.6) is 0 Å². The number of esters is 1. The van der Waals surface area contributed by atoms with Crippen molar-refractivity contribution in [3.63, 3.8) is 0 Å². The van der Waals surface area contributed by atoms with Crippen molar-refractivity contribution in [3.05, 3.63) is 0 Å². The molecule has 52 valence electrons. The van der Waals surface area contributed by atoms with Crippen molar-refractivity contribution in [1.29, 1.82) is 0 Å². The van der Waals surface area contributed by atoms with Gasteiger partial charge in [0.25, 0.3) is 0 Å². The summed E-state index contributed by atoms with van der Waals surface area (Å²) < 4.78 is 4.53. The van der Waals surface area contributed by atoms with Crippen molar-refractivity contribution in [3.8, 4) is 0 Å². The van der Waals surface area contributed by atoms with Gasteiger partial charge in [0.15, 0.2) is 0 Å². The van der Waals surface area contributed by atoms with Gasteiger partial charge in [-0.2, -0.15) is 0 Å². The first-order chi connectivity index (χ1) is 4.29. The maximum Gasteiger partial charge on any atom is 0.308 e. The van der Waals surface area contributed by atoms with Crippen LogP contribution in [0.3, 0.4) is 0 Å². The highest BCUT2D eigenvalue weighted by molar-refractivity contribution is 5.69. The molecule has 9 heavy (non-hydrogen) atoms. The zero-order valence-electron chi connectivity index (χ0n) is 5.17. The number of carbonyl (C=O) groups excluding carboxylic acids is 1. The summed E-state index contributed by atoms with van der Waals surface area (Å²) in [5.74, 6) is -0.278. The average Bonchev–Trinajstić information content (AvgIpc) is 1.93. The van der Waals surface area contributed by atoms with Gasteiger partial charge in [0, 0.05) is 12.8 Å². The third kappa shape index (κ3) is 2.01. The Morgan fingerprint density at radius 3 is 3.11 bits per heavy atom. The fourth-order valence-electron chi connectivity index (χ4n) is 0.858. The van der Waals surface area contributed by atoms with Gasteiger partial charge in [-0.05, 0) is 12.8 Å². The molecule has 0 aromatic carbocycles. The third-order valence-corrected chi connectivity index (χ3v) is 1.35. The van der Waals surface area contributed by atoms with E-state index in [1.54, 1.807) is 0 Å². The molecular weight excluding hydrogens is 120 g/mol. The first kappa shape index (κ1) is 6.55. The number of aliphatic hydroxyl groups is 1. The van der Waals surface area contributed by atoms with E-state index >= 15 is 0 Å². The van der Waals surface area contributed by atoms with Crippen LogP contribution in [-0.2, 0) is 9.53 Å². The summed E-state index contributed by atoms with van der Waals surface area (Å²) in [5.41, 5.74) is 0. The fourth-order valence-corrected chi connectivity index (χ4v) is 0.858. The van der Waals surface area contributed by atoms with Gasteiger partial charge in [-0.1, -0.05) is 0 Å². The van der Waals surface area contributed by atoms with Gasteiger partial charge in [0.05, 0.1) is 0 Å². The van der Waals surface area contributed by atoms with E-state index in [2.05, 4.69) is 4.74 Å². The maximum atomic E-state index is 10.5. The van der Waals surface area contributed by atoms with Crippen molar-refractivity contribution in [2.24, 2.45) is 0 Å². The van der Waals surface area contributed by atoms with Crippen LogP contribution >= 0.6 is 0 Å². The van der Waals surface area contributed by atoms with E-state index in [9.17, 15) is 4.79 Å². The Balaban J connectivity index is 2.37. The Kier molecular flexibility index (Phi) is 2.05. The summed E-state index contributed by atoms with van der Waals surface area (Å²) >= 11 is 0. The Morgan fingerprint density at radius 1 is 1.56 bits per heavy atom. The van der Waals surface area contributed by atoms with Gasteiger partial charge in [-0.15, -0.1) is 0 Å². The highest BCUT2D eigenvalue weighted by atomic mass is 16.6. The standard InChI is InChI=1S/C6H10O3/c7-5-3-1-2-4-6(8)9-5/h5,7H,1-4H2. The molecule has 1 heterocycles. The lowest BCUT2D eigenvalue weighted by Gasteiger charge is -2.05. The number of aliphatic hydroxyl groups excluding tert-OH is 1. The number of ether oxygens (including phenoxy) is 1. The molecule has 1 aliphatic heterocycles. The molecule has 0 saturated carbocycles. The van der Waals surface area contributed by atoms with Gasteiger partial charge in [-0.25, -0.2) is 0 Å². The monoisotopic (exact) mass is 130 g/mol. The van der Waals surface area contributed by atoms with E-state index in [1.165, 1.54) is 0 Å². The molecule has 1 atom stereocenters. The highest BCUT2D eigenvalue weighted by Crippen LogP contribution is 2.11. The second kappa shape index (κ2) is 2.82. The molecule has 3 nitrogen and oxygen atoms in total. The molecule has 0 amide bonds. The highest BCUT2D eigenvalue weighted by Gasteiger charge is 2.14. The maximum absolute atomic E-state index is 10.5. The average molecular weight is 130 g/mol. The summed E-state index contributed by atoms with van der Waals surface area (Å²) in [6, 6.07) is 0. The van der Waals surface area contributed by atoms with E-state index in [1.807, 2.05) is 0 Å². The summed E-state index contributed by atoms with van der Waals surface area (Å²) in [4.78, 5) is 10.5. The summed E-state index contributed by atoms with van der Waals surface area (Å²) in [6.45, 7) is 0. The molecule has 0 spiro atoms. The van der Waals surface area contributed by atoms with Crippen LogP contribution in [0.4, 0.5) is 0 Å². The molecule has 1 rings (SSSR count). The van der Waals surface area contributed by atoms with Crippen LogP contribution < -0.4 is 0 Å². The van der Waals surface area contributed by atoms with Gasteiger partial charge >= 0.3 is 5.97 Å². The number of carbonyl (C=O) groups is 1.